The lowest BCUT2D eigenvalue weighted by Crippen LogP contribution is -2.45. The Bertz CT molecular complexity index is 272. The quantitative estimate of drug-likeness (QED) is 0.836. The van der Waals surface area contributed by atoms with Gasteiger partial charge in [-0.15, -0.1) is 0 Å². The van der Waals surface area contributed by atoms with Crippen molar-refractivity contribution in [2.45, 2.75) is 58.4 Å². The van der Waals surface area contributed by atoms with E-state index >= 15 is 0 Å². The first-order chi connectivity index (χ1) is 8.66. The number of amides is 1. The van der Waals surface area contributed by atoms with E-state index in [4.69, 9.17) is 0 Å². The molecule has 1 N–H and O–H groups in total. The number of likely N-dealkylation sites (tertiary alicyclic amines) is 1. The van der Waals surface area contributed by atoms with Crippen LogP contribution >= 0.6 is 0 Å². The average molecular weight is 252 g/mol. The Kier molecular flexibility index (Phi) is 5.04. The van der Waals surface area contributed by atoms with Crippen molar-refractivity contribution >= 4 is 5.91 Å². The standard InChI is InChI=1S/C15H28N2O/c1-12(2)13-6-7-15(18)17(10-8-13)11-14-5-3-4-9-16-14/h12-14,16H,3-11H2,1-2H3. The molecule has 0 spiro atoms. The molecule has 2 saturated heterocycles. The summed E-state index contributed by atoms with van der Waals surface area (Å²) in [4.78, 5) is 14.3. The van der Waals surface area contributed by atoms with Crippen LogP contribution in [-0.4, -0.2) is 36.5 Å². The van der Waals surface area contributed by atoms with Gasteiger partial charge < -0.3 is 10.2 Å². The van der Waals surface area contributed by atoms with Gasteiger partial charge in [-0.2, -0.15) is 0 Å². The molecule has 104 valence electrons. The Morgan fingerprint density at radius 3 is 2.78 bits per heavy atom. The van der Waals surface area contributed by atoms with E-state index in [1.165, 1.54) is 25.7 Å². The van der Waals surface area contributed by atoms with Crippen LogP contribution in [0.2, 0.25) is 0 Å². The number of nitrogens with one attached hydrogen (secondary N) is 1. The molecule has 2 atom stereocenters. The molecular weight excluding hydrogens is 224 g/mol. The summed E-state index contributed by atoms with van der Waals surface area (Å²) in [6.45, 7) is 7.60. The highest BCUT2D eigenvalue weighted by Gasteiger charge is 2.26. The van der Waals surface area contributed by atoms with Gasteiger partial charge in [0.2, 0.25) is 5.91 Å². The van der Waals surface area contributed by atoms with E-state index in [1.807, 2.05) is 0 Å². The lowest BCUT2D eigenvalue weighted by atomic mass is 9.89. The summed E-state index contributed by atoms with van der Waals surface area (Å²) in [5, 5.41) is 3.55. The van der Waals surface area contributed by atoms with Gasteiger partial charge in [0.25, 0.3) is 0 Å². The molecule has 0 aromatic heterocycles. The van der Waals surface area contributed by atoms with Crippen molar-refractivity contribution in [2.24, 2.45) is 11.8 Å². The molecular formula is C15H28N2O. The van der Waals surface area contributed by atoms with Gasteiger partial charge in [-0.25, -0.2) is 0 Å². The fourth-order valence-corrected chi connectivity index (χ4v) is 3.26. The average Bonchev–Trinajstić information content (AvgIpc) is 2.54. The minimum Gasteiger partial charge on any atom is -0.341 e. The minimum atomic E-state index is 0.380. The van der Waals surface area contributed by atoms with E-state index in [-0.39, 0.29) is 0 Å². The summed E-state index contributed by atoms with van der Waals surface area (Å²) in [5.74, 6) is 1.83. The Balaban J connectivity index is 1.85. The molecule has 18 heavy (non-hydrogen) atoms. The summed E-state index contributed by atoms with van der Waals surface area (Å²) in [6, 6.07) is 0.540. The van der Waals surface area contributed by atoms with Gasteiger partial charge >= 0.3 is 0 Å². The first kappa shape index (κ1) is 13.9. The van der Waals surface area contributed by atoms with Crippen molar-refractivity contribution in [2.75, 3.05) is 19.6 Å². The number of carbonyl (C=O) groups excluding carboxylic acids is 1. The first-order valence-corrected chi connectivity index (χ1v) is 7.68. The highest BCUT2D eigenvalue weighted by atomic mass is 16.2. The number of hydrogen-bond acceptors (Lipinski definition) is 2. The Labute approximate surface area is 111 Å². The van der Waals surface area contributed by atoms with Crippen LogP contribution in [0.15, 0.2) is 0 Å². The monoisotopic (exact) mass is 252 g/mol. The zero-order valence-electron chi connectivity index (χ0n) is 12.0. The third-order valence-electron chi connectivity index (χ3n) is 4.65. The highest BCUT2D eigenvalue weighted by Crippen LogP contribution is 2.25. The number of rotatable bonds is 3. The maximum absolute atomic E-state index is 12.2. The van der Waals surface area contributed by atoms with Gasteiger partial charge in [-0.3, -0.25) is 4.79 Å². The van der Waals surface area contributed by atoms with Crippen LogP contribution in [-0.2, 0) is 4.79 Å². The molecule has 0 saturated carbocycles. The highest BCUT2D eigenvalue weighted by molar-refractivity contribution is 5.76. The molecule has 2 heterocycles. The zero-order valence-corrected chi connectivity index (χ0v) is 12.0. The topological polar surface area (TPSA) is 32.3 Å². The minimum absolute atomic E-state index is 0.380. The van der Waals surface area contributed by atoms with Crippen molar-refractivity contribution < 1.29 is 4.79 Å². The molecule has 0 aliphatic carbocycles. The lowest BCUT2D eigenvalue weighted by Gasteiger charge is -2.30. The smallest absolute Gasteiger partial charge is 0.222 e. The third kappa shape index (κ3) is 3.71. The largest absolute Gasteiger partial charge is 0.341 e. The number of piperidine rings is 1. The predicted octanol–water partition coefficient (Wildman–Crippen LogP) is 2.41. The van der Waals surface area contributed by atoms with Crippen LogP contribution in [0.3, 0.4) is 0 Å². The number of nitrogens with zero attached hydrogens (tertiary/aromatic N) is 1. The molecule has 2 unspecified atom stereocenters. The molecule has 0 bridgehead atoms. The molecule has 2 rings (SSSR count). The van der Waals surface area contributed by atoms with Crippen molar-refractivity contribution in [3.8, 4) is 0 Å². The fourth-order valence-electron chi connectivity index (χ4n) is 3.26. The molecule has 0 radical (unpaired) electrons. The summed E-state index contributed by atoms with van der Waals surface area (Å²) in [5.41, 5.74) is 0. The zero-order chi connectivity index (χ0) is 13.0. The Hall–Kier alpha value is -0.570. The van der Waals surface area contributed by atoms with E-state index in [1.54, 1.807) is 0 Å². The van der Waals surface area contributed by atoms with Crippen LogP contribution in [0.5, 0.6) is 0 Å². The van der Waals surface area contributed by atoms with Crippen molar-refractivity contribution in [3.63, 3.8) is 0 Å². The van der Waals surface area contributed by atoms with Crippen LogP contribution in [0.4, 0.5) is 0 Å². The van der Waals surface area contributed by atoms with Gasteiger partial charge in [0.05, 0.1) is 0 Å². The molecule has 1 amide bonds. The van der Waals surface area contributed by atoms with Gasteiger partial charge in [0, 0.05) is 25.6 Å². The molecule has 2 aliphatic heterocycles. The van der Waals surface area contributed by atoms with E-state index in [2.05, 4.69) is 24.1 Å². The molecule has 2 fully saturated rings. The first-order valence-electron chi connectivity index (χ1n) is 7.68. The normalized spacial score (nSPS) is 30.6. The van der Waals surface area contributed by atoms with Crippen molar-refractivity contribution in [1.29, 1.82) is 0 Å². The van der Waals surface area contributed by atoms with Crippen LogP contribution in [0, 0.1) is 11.8 Å². The van der Waals surface area contributed by atoms with E-state index < -0.39 is 0 Å². The van der Waals surface area contributed by atoms with Gasteiger partial charge in [0.15, 0.2) is 0 Å². The SMILES string of the molecule is CC(C)C1CCC(=O)N(CC2CCCCN2)CC1. The van der Waals surface area contributed by atoms with Gasteiger partial charge in [-0.1, -0.05) is 20.3 Å². The molecule has 3 heteroatoms. The molecule has 3 nitrogen and oxygen atoms in total. The molecule has 0 aromatic carbocycles. The number of carbonyl (C=O) groups is 1. The van der Waals surface area contributed by atoms with E-state index in [9.17, 15) is 4.79 Å². The predicted molar refractivity (Wildman–Crippen MR) is 74.4 cm³/mol. The second kappa shape index (κ2) is 6.55. The third-order valence-corrected chi connectivity index (χ3v) is 4.65. The van der Waals surface area contributed by atoms with E-state index in [0.29, 0.717) is 17.9 Å². The summed E-state index contributed by atoms with van der Waals surface area (Å²) in [7, 11) is 0. The molecule has 2 aliphatic rings. The lowest BCUT2D eigenvalue weighted by molar-refractivity contribution is -0.131. The Morgan fingerprint density at radius 1 is 1.28 bits per heavy atom. The second-order valence-electron chi connectivity index (χ2n) is 6.32. The van der Waals surface area contributed by atoms with Gasteiger partial charge in [-0.05, 0) is 44.1 Å². The maximum Gasteiger partial charge on any atom is 0.222 e. The van der Waals surface area contributed by atoms with Crippen LogP contribution in [0.1, 0.15) is 52.4 Å². The summed E-state index contributed by atoms with van der Waals surface area (Å²) < 4.78 is 0. The van der Waals surface area contributed by atoms with E-state index in [0.717, 1.165) is 38.4 Å². The number of hydrogen-bond donors (Lipinski definition) is 1. The summed E-state index contributed by atoms with van der Waals surface area (Å²) >= 11 is 0. The molecule has 0 aromatic rings. The summed E-state index contributed by atoms with van der Waals surface area (Å²) in [6.07, 6.45) is 6.88. The maximum atomic E-state index is 12.2. The van der Waals surface area contributed by atoms with Crippen molar-refractivity contribution in [1.82, 2.24) is 10.2 Å². The second-order valence-corrected chi connectivity index (χ2v) is 6.32. The Morgan fingerprint density at radius 2 is 2.11 bits per heavy atom. The van der Waals surface area contributed by atoms with Crippen LogP contribution in [0.25, 0.3) is 0 Å². The van der Waals surface area contributed by atoms with Crippen molar-refractivity contribution in [3.05, 3.63) is 0 Å². The van der Waals surface area contributed by atoms with Gasteiger partial charge in [0.1, 0.15) is 0 Å². The van der Waals surface area contributed by atoms with Crippen LogP contribution < -0.4 is 5.32 Å². The fraction of sp³-hybridized carbons (Fsp3) is 0.933.